The maximum absolute atomic E-state index is 13.3. The molecule has 1 saturated heterocycles. The van der Waals surface area contributed by atoms with E-state index in [-0.39, 0.29) is 41.9 Å². The van der Waals surface area contributed by atoms with Crippen LogP contribution < -0.4 is 10.6 Å². The van der Waals surface area contributed by atoms with Crippen LogP contribution in [0.15, 0.2) is 46.8 Å². The van der Waals surface area contributed by atoms with Crippen LogP contribution in [0.1, 0.15) is 22.5 Å². The van der Waals surface area contributed by atoms with Gasteiger partial charge in [0.1, 0.15) is 5.82 Å². The molecule has 0 spiro atoms. The van der Waals surface area contributed by atoms with Crippen molar-refractivity contribution in [1.29, 1.82) is 0 Å². The van der Waals surface area contributed by atoms with Gasteiger partial charge >= 0.3 is 0 Å². The molecule has 1 aliphatic rings. The maximum Gasteiger partial charge on any atom is 0.191 e. The Bertz CT molecular complexity index is 782. The first kappa shape index (κ1) is 26.0. The molecule has 0 radical (unpaired) electrons. The predicted octanol–water partition coefficient (Wildman–Crippen LogP) is 3.35. The summed E-state index contributed by atoms with van der Waals surface area (Å²) in [6, 6.07) is 11.4. The van der Waals surface area contributed by atoms with E-state index in [9.17, 15) is 4.39 Å². The summed E-state index contributed by atoms with van der Waals surface area (Å²) in [5.74, 6) is 0.545. The summed E-state index contributed by atoms with van der Waals surface area (Å²) < 4.78 is 18.8. The van der Waals surface area contributed by atoms with Gasteiger partial charge in [0.05, 0.1) is 25.3 Å². The van der Waals surface area contributed by atoms with E-state index in [0.717, 1.165) is 44.4 Å². The lowest BCUT2D eigenvalue weighted by Crippen LogP contribution is -2.47. The number of likely N-dealkylation sites (N-methyl/N-ethyl adjacent to an activating group) is 1. The molecule has 6 nitrogen and oxygen atoms in total. The Morgan fingerprint density at radius 3 is 2.42 bits per heavy atom. The molecule has 0 amide bonds. The summed E-state index contributed by atoms with van der Waals surface area (Å²) in [6.07, 6.45) is 0. The van der Waals surface area contributed by atoms with Gasteiger partial charge < -0.3 is 20.3 Å². The minimum atomic E-state index is -0.218. The number of halogens is 2. The van der Waals surface area contributed by atoms with Crippen molar-refractivity contribution in [1.82, 2.24) is 20.4 Å². The number of aliphatic imine (C=N–C) groups is 1. The molecule has 2 atom stereocenters. The van der Waals surface area contributed by atoms with Crippen molar-refractivity contribution < 1.29 is 9.13 Å². The monoisotopic (exact) mass is 561 g/mol. The molecule has 1 aliphatic heterocycles. The fraction of sp³-hybridized carbons (Fsp3) is 0.500. The molecule has 1 aromatic heterocycles. The zero-order valence-electron chi connectivity index (χ0n) is 18.4. The number of rotatable bonds is 8. The Morgan fingerprint density at radius 1 is 1.16 bits per heavy atom. The summed E-state index contributed by atoms with van der Waals surface area (Å²) >= 11 is 1.78. The summed E-state index contributed by atoms with van der Waals surface area (Å²) in [6.45, 7) is 4.85. The Labute approximate surface area is 205 Å². The van der Waals surface area contributed by atoms with Crippen LogP contribution in [0.3, 0.4) is 0 Å². The molecule has 9 heteroatoms. The van der Waals surface area contributed by atoms with Crippen molar-refractivity contribution in [3.8, 4) is 0 Å². The molecule has 2 heterocycles. The van der Waals surface area contributed by atoms with E-state index in [2.05, 4.69) is 42.9 Å². The quantitative estimate of drug-likeness (QED) is 0.294. The van der Waals surface area contributed by atoms with Gasteiger partial charge in [0, 0.05) is 38.1 Å². The van der Waals surface area contributed by atoms with Crippen LogP contribution in [-0.4, -0.2) is 76.3 Å². The first-order chi connectivity index (χ1) is 14.6. The molecule has 1 fully saturated rings. The zero-order chi connectivity index (χ0) is 21.3. The number of hydrogen-bond donors (Lipinski definition) is 2. The van der Waals surface area contributed by atoms with Crippen LogP contribution in [0, 0.1) is 5.82 Å². The number of nitrogens with zero attached hydrogens (tertiary/aromatic N) is 3. The zero-order valence-corrected chi connectivity index (χ0v) is 21.5. The third-order valence-corrected chi connectivity index (χ3v) is 6.36. The third-order valence-electron chi connectivity index (χ3n) is 5.39. The molecule has 2 aromatic rings. The van der Waals surface area contributed by atoms with Crippen LogP contribution in [0.2, 0.25) is 0 Å². The van der Waals surface area contributed by atoms with Crippen LogP contribution in [0.25, 0.3) is 0 Å². The summed E-state index contributed by atoms with van der Waals surface area (Å²) in [7, 11) is 5.83. The number of ether oxygens (including phenoxy) is 1. The number of morpholine rings is 1. The van der Waals surface area contributed by atoms with E-state index in [1.165, 1.54) is 17.0 Å². The fourth-order valence-corrected chi connectivity index (χ4v) is 4.53. The molecule has 0 bridgehead atoms. The van der Waals surface area contributed by atoms with Crippen molar-refractivity contribution in [2.75, 3.05) is 60.5 Å². The molecule has 172 valence electrons. The molecule has 3 rings (SSSR count). The van der Waals surface area contributed by atoms with Gasteiger partial charge in [-0.2, -0.15) is 0 Å². The van der Waals surface area contributed by atoms with E-state index in [1.807, 2.05) is 26.2 Å². The van der Waals surface area contributed by atoms with Crippen LogP contribution in [0.5, 0.6) is 0 Å². The molecule has 2 unspecified atom stereocenters. The second-order valence-electron chi connectivity index (χ2n) is 7.54. The van der Waals surface area contributed by atoms with Crippen LogP contribution >= 0.6 is 35.3 Å². The average molecular weight is 562 g/mol. The first-order valence-electron chi connectivity index (χ1n) is 10.3. The van der Waals surface area contributed by atoms with Crippen LogP contribution in [-0.2, 0) is 4.74 Å². The lowest BCUT2D eigenvalue weighted by Gasteiger charge is -2.34. The second-order valence-corrected chi connectivity index (χ2v) is 8.52. The van der Waals surface area contributed by atoms with Gasteiger partial charge in [0.15, 0.2) is 5.96 Å². The highest BCUT2D eigenvalue weighted by molar-refractivity contribution is 14.0. The van der Waals surface area contributed by atoms with Crippen molar-refractivity contribution in [3.63, 3.8) is 0 Å². The molecule has 1 aromatic carbocycles. The Kier molecular flexibility index (Phi) is 11.2. The molecule has 0 aliphatic carbocycles. The lowest BCUT2D eigenvalue weighted by atomic mass is 10.1. The highest BCUT2D eigenvalue weighted by atomic mass is 127. The van der Waals surface area contributed by atoms with E-state index < -0.39 is 0 Å². The smallest absolute Gasteiger partial charge is 0.191 e. The highest BCUT2D eigenvalue weighted by Gasteiger charge is 2.24. The number of nitrogens with one attached hydrogen (secondary N) is 2. The van der Waals surface area contributed by atoms with Gasteiger partial charge in [-0.1, -0.05) is 18.2 Å². The first-order valence-corrected chi connectivity index (χ1v) is 11.2. The number of hydrogen-bond acceptors (Lipinski definition) is 5. The normalized spacial score (nSPS) is 17.1. The van der Waals surface area contributed by atoms with Gasteiger partial charge in [0.25, 0.3) is 0 Å². The summed E-state index contributed by atoms with van der Waals surface area (Å²) in [5, 5.41) is 9.05. The molecule has 0 saturated carbocycles. The minimum absolute atomic E-state index is 0. The number of benzene rings is 1. The average Bonchev–Trinajstić information content (AvgIpc) is 3.29. The SMILES string of the molecule is CN=C(NCC(c1ccc(F)cc1)N(C)C)NCC(c1cccs1)N1CCOCC1.I. The van der Waals surface area contributed by atoms with E-state index in [4.69, 9.17) is 4.74 Å². The second kappa shape index (κ2) is 13.3. The molecular formula is C22H33FIN5OS. The van der Waals surface area contributed by atoms with E-state index in [0.29, 0.717) is 6.54 Å². The number of guanidine groups is 1. The lowest BCUT2D eigenvalue weighted by molar-refractivity contribution is 0.0177. The third kappa shape index (κ3) is 7.67. The standard InChI is InChI=1S/C22H32FN5OS.HI/c1-24-22(25-15-19(27(2)3)17-6-8-18(23)9-7-17)26-16-20(21-5-4-14-30-21)28-10-12-29-13-11-28;/h4-9,14,19-20H,10-13,15-16H2,1-3H3,(H2,24,25,26);1H. The largest absolute Gasteiger partial charge is 0.379 e. The Balaban J connectivity index is 0.00000341. The van der Waals surface area contributed by atoms with Crippen LogP contribution in [0.4, 0.5) is 4.39 Å². The van der Waals surface area contributed by atoms with Gasteiger partial charge in [-0.25, -0.2) is 4.39 Å². The van der Waals surface area contributed by atoms with Crippen molar-refractivity contribution in [2.45, 2.75) is 12.1 Å². The Morgan fingerprint density at radius 2 is 1.84 bits per heavy atom. The minimum Gasteiger partial charge on any atom is -0.379 e. The highest BCUT2D eigenvalue weighted by Crippen LogP contribution is 2.25. The van der Waals surface area contributed by atoms with E-state index >= 15 is 0 Å². The maximum atomic E-state index is 13.3. The summed E-state index contributed by atoms with van der Waals surface area (Å²) in [4.78, 5) is 10.3. The number of thiophene rings is 1. The topological polar surface area (TPSA) is 52.1 Å². The predicted molar refractivity (Wildman–Crippen MR) is 137 cm³/mol. The van der Waals surface area contributed by atoms with Crippen molar-refractivity contribution in [3.05, 3.63) is 58.0 Å². The van der Waals surface area contributed by atoms with E-state index in [1.54, 1.807) is 18.4 Å². The van der Waals surface area contributed by atoms with Gasteiger partial charge in [-0.3, -0.25) is 9.89 Å². The molecule has 2 N–H and O–H groups in total. The van der Waals surface area contributed by atoms with Crippen molar-refractivity contribution in [2.24, 2.45) is 4.99 Å². The fourth-order valence-electron chi connectivity index (χ4n) is 3.67. The summed E-state index contributed by atoms with van der Waals surface area (Å²) in [5.41, 5.74) is 1.06. The van der Waals surface area contributed by atoms with Gasteiger partial charge in [-0.15, -0.1) is 35.3 Å². The van der Waals surface area contributed by atoms with Gasteiger partial charge in [0.2, 0.25) is 0 Å². The molecular weight excluding hydrogens is 528 g/mol. The Hall–Kier alpha value is -1.27. The van der Waals surface area contributed by atoms with Crippen molar-refractivity contribution >= 4 is 41.3 Å². The van der Waals surface area contributed by atoms with Gasteiger partial charge in [-0.05, 0) is 43.2 Å². The molecule has 31 heavy (non-hydrogen) atoms.